The first kappa shape index (κ1) is 14.0. The summed E-state index contributed by atoms with van der Waals surface area (Å²) in [6.07, 6.45) is 1.49. The van der Waals surface area contributed by atoms with Gasteiger partial charge < -0.3 is 0 Å². The van der Waals surface area contributed by atoms with Gasteiger partial charge in [-0.05, 0) is 32.4 Å². The number of hydrogen-bond donors (Lipinski definition) is 1. The van der Waals surface area contributed by atoms with Crippen molar-refractivity contribution in [1.29, 1.82) is 0 Å². The van der Waals surface area contributed by atoms with Crippen LogP contribution in [0, 0.1) is 0 Å². The van der Waals surface area contributed by atoms with Crippen LogP contribution < -0.4 is 5.32 Å². The van der Waals surface area contributed by atoms with Gasteiger partial charge in [0, 0.05) is 5.54 Å². The van der Waals surface area contributed by atoms with Crippen molar-refractivity contribution in [2.75, 3.05) is 0 Å². The van der Waals surface area contributed by atoms with Crippen molar-refractivity contribution in [3.8, 4) is 0 Å². The third-order valence-electron chi connectivity index (χ3n) is 2.88. The van der Waals surface area contributed by atoms with E-state index in [4.69, 9.17) is 0 Å². The number of carbonyl (C=O) groups excluding carboxylic acids is 3. The highest BCUT2D eigenvalue weighted by Crippen LogP contribution is 2.21. The molecule has 0 saturated carbocycles. The van der Waals surface area contributed by atoms with Crippen molar-refractivity contribution in [3.63, 3.8) is 0 Å². The van der Waals surface area contributed by atoms with E-state index in [1.807, 2.05) is 18.2 Å². The van der Waals surface area contributed by atoms with E-state index < -0.39 is 23.4 Å². The molecule has 0 radical (unpaired) electrons. The fraction of sp³-hybridized carbons (Fsp3) is 0.267. The highest BCUT2D eigenvalue weighted by Gasteiger charge is 2.41. The van der Waals surface area contributed by atoms with Crippen LogP contribution in [0.25, 0.3) is 6.08 Å². The predicted octanol–water partition coefficient (Wildman–Crippen LogP) is 1.95. The summed E-state index contributed by atoms with van der Waals surface area (Å²) in [5.41, 5.74) is -0.00240. The highest BCUT2D eigenvalue weighted by molar-refractivity contribution is 6.31. The van der Waals surface area contributed by atoms with Crippen LogP contribution in [0.3, 0.4) is 0 Å². The summed E-state index contributed by atoms with van der Waals surface area (Å²) >= 11 is 0. The smallest absolute Gasteiger partial charge is 0.273 e. The Balaban J connectivity index is 2.43. The molecule has 1 fully saturated rings. The van der Waals surface area contributed by atoms with Crippen molar-refractivity contribution in [2.24, 2.45) is 0 Å². The third kappa shape index (κ3) is 2.61. The first-order valence-corrected chi connectivity index (χ1v) is 6.27. The summed E-state index contributed by atoms with van der Waals surface area (Å²) in [5.74, 6) is -1.24. The Morgan fingerprint density at radius 1 is 1.05 bits per heavy atom. The number of barbiturate groups is 1. The van der Waals surface area contributed by atoms with E-state index in [1.165, 1.54) is 6.08 Å². The molecule has 1 N–H and O–H groups in total. The summed E-state index contributed by atoms with van der Waals surface area (Å²) in [6.45, 7) is 5.21. The van der Waals surface area contributed by atoms with Crippen LogP contribution in [-0.2, 0) is 9.59 Å². The highest BCUT2D eigenvalue weighted by atomic mass is 16.2. The van der Waals surface area contributed by atoms with Crippen LogP contribution in [0.15, 0.2) is 35.9 Å². The lowest BCUT2D eigenvalue weighted by Crippen LogP contribution is -2.60. The zero-order chi connectivity index (χ0) is 14.9. The van der Waals surface area contributed by atoms with Crippen molar-refractivity contribution in [1.82, 2.24) is 10.2 Å². The first-order valence-electron chi connectivity index (χ1n) is 6.27. The largest absolute Gasteiger partial charge is 0.331 e. The van der Waals surface area contributed by atoms with Gasteiger partial charge in [0.1, 0.15) is 5.57 Å². The fourth-order valence-corrected chi connectivity index (χ4v) is 1.98. The quantitative estimate of drug-likeness (QED) is 0.627. The lowest BCUT2D eigenvalue weighted by molar-refractivity contribution is -0.133. The topological polar surface area (TPSA) is 66.5 Å². The van der Waals surface area contributed by atoms with Crippen LogP contribution in [0.4, 0.5) is 4.79 Å². The minimum absolute atomic E-state index is 0.0364. The molecule has 0 aliphatic carbocycles. The molecular formula is C15H16N2O3. The minimum Gasteiger partial charge on any atom is -0.273 e. The minimum atomic E-state index is -0.697. The lowest BCUT2D eigenvalue weighted by Gasteiger charge is -2.36. The normalized spacial score (nSPS) is 18.4. The Hall–Kier alpha value is -2.43. The van der Waals surface area contributed by atoms with E-state index in [0.717, 1.165) is 10.5 Å². The molecule has 0 atom stereocenters. The number of hydrogen-bond acceptors (Lipinski definition) is 3. The molecule has 1 saturated heterocycles. The van der Waals surface area contributed by atoms with Crippen LogP contribution in [0.1, 0.15) is 26.3 Å². The Labute approximate surface area is 117 Å². The molecule has 5 nitrogen and oxygen atoms in total. The van der Waals surface area contributed by atoms with E-state index in [-0.39, 0.29) is 5.57 Å². The molecule has 0 bridgehead atoms. The number of rotatable bonds is 1. The molecule has 5 heteroatoms. The SMILES string of the molecule is CC(C)(C)N1C(=O)NC(=O)/C(=C\c2ccccc2)C1=O. The van der Waals surface area contributed by atoms with Gasteiger partial charge in [0.25, 0.3) is 11.8 Å². The van der Waals surface area contributed by atoms with E-state index in [2.05, 4.69) is 5.32 Å². The molecular weight excluding hydrogens is 256 g/mol. The molecule has 0 unspecified atom stereocenters. The number of amides is 4. The van der Waals surface area contributed by atoms with Gasteiger partial charge in [-0.25, -0.2) is 4.79 Å². The molecule has 20 heavy (non-hydrogen) atoms. The summed E-state index contributed by atoms with van der Waals surface area (Å²) in [5, 5.41) is 2.20. The Kier molecular flexibility index (Phi) is 3.44. The van der Waals surface area contributed by atoms with E-state index >= 15 is 0 Å². The van der Waals surface area contributed by atoms with Gasteiger partial charge >= 0.3 is 6.03 Å². The molecule has 0 spiro atoms. The second kappa shape index (κ2) is 4.92. The van der Waals surface area contributed by atoms with Crippen LogP contribution in [0.2, 0.25) is 0 Å². The van der Waals surface area contributed by atoms with Crippen LogP contribution in [-0.4, -0.2) is 28.3 Å². The fourth-order valence-electron chi connectivity index (χ4n) is 1.98. The Morgan fingerprint density at radius 3 is 2.20 bits per heavy atom. The van der Waals surface area contributed by atoms with Gasteiger partial charge in [0.2, 0.25) is 0 Å². The maximum Gasteiger partial charge on any atom is 0.331 e. The number of urea groups is 1. The summed E-state index contributed by atoms with van der Waals surface area (Å²) in [4.78, 5) is 37.1. The molecule has 1 aromatic rings. The number of carbonyl (C=O) groups is 3. The second-order valence-electron chi connectivity index (χ2n) is 5.54. The zero-order valence-corrected chi connectivity index (χ0v) is 11.6. The Bertz CT molecular complexity index is 597. The molecule has 2 rings (SSSR count). The van der Waals surface area contributed by atoms with Gasteiger partial charge in [0.05, 0.1) is 0 Å². The van der Waals surface area contributed by atoms with Crippen molar-refractivity contribution >= 4 is 23.9 Å². The third-order valence-corrected chi connectivity index (χ3v) is 2.88. The monoisotopic (exact) mass is 272 g/mol. The van der Waals surface area contributed by atoms with Crippen LogP contribution in [0.5, 0.6) is 0 Å². The molecule has 104 valence electrons. The molecule has 0 aromatic heterocycles. The molecule has 4 amide bonds. The zero-order valence-electron chi connectivity index (χ0n) is 11.6. The number of nitrogens with zero attached hydrogens (tertiary/aromatic N) is 1. The Morgan fingerprint density at radius 2 is 1.65 bits per heavy atom. The predicted molar refractivity (Wildman–Crippen MR) is 74.6 cm³/mol. The summed E-state index contributed by atoms with van der Waals surface area (Å²) < 4.78 is 0. The lowest BCUT2D eigenvalue weighted by atomic mass is 10.0. The van der Waals surface area contributed by atoms with Gasteiger partial charge in [0.15, 0.2) is 0 Å². The van der Waals surface area contributed by atoms with Crippen molar-refractivity contribution < 1.29 is 14.4 Å². The van der Waals surface area contributed by atoms with E-state index in [1.54, 1.807) is 32.9 Å². The van der Waals surface area contributed by atoms with Gasteiger partial charge in [-0.15, -0.1) is 0 Å². The maximum absolute atomic E-state index is 12.4. The molecule has 1 aromatic carbocycles. The van der Waals surface area contributed by atoms with Crippen molar-refractivity contribution in [2.45, 2.75) is 26.3 Å². The first-order chi connectivity index (χ1) is 9.30. The second-order valence-corrected chi connectivity index (χ2v) is 5.54. The summed E-state index contributed by atoms with van der Waals surface area (Å²) in [7, 11) is 0. The number of benzene rings is 1. The maximum atomic E-state index is 12.4. The van der Waals surface area contributed by atoms with Gasteiger partial charge in [-0.3, -0.25) is 19.8 Å². The van der Waals surface area contributed by atoms with Gasteiger partial charge in [-0.2, -0.15) is 0 Å². The standard InChI is InChI=1S/C15H16N2O3/c1-15(2,3)17-13(19)11(12(18)16-14(17)20)9-10-7-5-4-6-8-10/h4-9H,1-3H3,(H,16,18,20)/b11-9+. The average molecular weight is 272 g/mol. The summed E-state index contributed by atoms with van der Waals surface area (Å²) in [6, 6.07) is 8.35. The van der Waals surface area contributed by atoms with E-state index in [0.29, 0.717) is 0 Å². The number of nitrogens with one attached hydrogen (secondary N) is 1. The van der Waals surface area contributed by atoms with Crippen molar-refractivity contribution in [3.05, 3.63) is 41.5 Å². The van der Waals surface area contributed by atoms with Crippen LogP contribution >= 0.6 is 0 Å². The molecule has 1 heterocycles. The molecule has 1 aliphatic heterocycles. The van der Waals surface area contributed by atoms with Gasteiger partial charge in [-0.1, -0.05) is 30.3 Å². The number of imide groups is 2. The molecule has 1 aliphatic rings. The average Bonchev–Trinajstić information content (AvgIpc) is 2.33. The van der Waals surface area contributed by atoms with E-state index in [9.17, 15) is 14.4 Å².